The SMILES string of the molecule is O=S(=O)(Nc1nc2ccccc2nc1Nc1ccc(Cl)c(C(F)(F)F)c1)c1ccccc1. The van der Waals surface area contributed by atoms with E-state index >= 15 is 0 Å². The molecule has 0 atom stereocenters. The molecule has 4 rings (SSSR count). The van der Waals surface area contributed by atoms with Crippen molar-refractivity contribution < 1.29 is 21.6 Å². The van der Waals surface area contributed by atoms with Crippen LogP contribution in [-0.4, -0.2) is 18.4 Å². The van der Waals surface area contributed by atoms with Crippen LogP contribution >= 0.6 is 11.6 Å². The molecule has 1 aromatic heterocycles. The monoisotopic (exact) mass is 478 g/mol. The second-order valence-corrected chi connectivity index (χ2v) is 8.74. The highest BCUT2D eigenvalue weighted by Gasteiger charge is 2.33. The number of anilines is 3. The van der Waals surface area contributed by atoms with Crippen molar-refractivity contribution in [3.8, 4) is 0 Å². The molecule has 0 bridgehead atoms. The highest BCUT2D eigenvalue weighted by atomic mass is 35.5. The Morgan fingerprint density at radius 3 is 2.03 bits per heavy atom. The Hall–Kier alpha value is -3.37. The number of hydrogen-bond acceptors (Lipinski definition) is 5. The molecule has 0 aliphatic carbocycles. The van der Waals surface area contributed by atoms with Crippen LogP contribution in [0, 0.1) is 0 Å². The number of fused-ring (bicyclic) bond motifs is 1. The van der Waals surface area contributed by atoms with E-state index in [9.17, 15) is 21.6 Å². The van der Waals surface area contributed by atoms with E-state index in [1.807, 2.05) is 0 Å². The normalized spacial score (nSPS) is 12.0. The summed E-state index contributed by atoms with van der Waals surface area (Å²) in [6.07, 6.45) is -4.67. The number of sulfonamides is 1. The van der Waals surface area contributed by atoms with Gasteiger partial charge in [0.1, 0.15) is 0 Å². The van der Waals surface area contributed by atoms with Crippen molar-refractivity contribution in [3.63, 3.8) is 0 Å². The van der Waals surface area contributed by atoms with Gasteiger partial charge in [-0.1, -0.05) is 41.9 Å². The minimum Gasteiger partial charge on any atom is -0.337 e. The van der Waals surface area contributed by atoms with Gasteiger partial charge in [-0.2, -0.15) is 13.2 Å². The molecular formula is C21H14ClF3N4O2S. The fourth-order valence-electron chi connectivity index (χ4n) is 2.90. The van der Waals surface area contributed by atoms with Crippen molar-refractivity contribution in [2.24, 2.45) is 0 Å². The molecule has 6 nitrogen and oxygen atoms in total. The molecule has 4 aromatic rings. The lowest BCUT2D eigenvalue weighted by molar-refractivity contribution is -0.137. The van der Waals surface area contributed by atoms with E-state index in [1.54, 1.807) is 42.5 Å². The lowest BCUT2D eigenvalue weighted by atomic mass is 10.2. The Kier molecular flexibility index (Phi) is 5.66. The number of halogens is 4. The van der Waals surface area contributed by atoms with E-state index < -0.39 is 26.8 Å². The summed E-state index contributed by atoms with van der Waals surface area (Å²) in [6.45, 7) is 0. The van der Waals surface area contributed by atoms with Gasteiger partial charge in [0.2, 0.25) is 0 Å². The molecule has 3 aromatic carbocycles. The van der Waals surface area contributed by atoms with Crippen LogP contribution in [0.1, 0.15) is 5.56 Å². The number of aromatic nitrogens is 2. The Balaban J connectivity index is 1.79. The summed E-state index contributed by atoms with van der Waals surface area (Å²) in [6, 6.07) is 17.5. The van der Waals surface area contributed by atoms with Crippen LogP contribution in [0.4, 0.5) is 30.5 Å². The number of alkyl halides is 3. The second-order valence-electron chi connectivity index (χ2n) is 6.65. The third-order valence-corrected chi connectivity index (χ3v) is 6.07. The molecule has 32 heavy (non-hydrogen) atoms. The zero-order valence-electron chi connectivity index (χ0n) is 16.1. The van der Waals surface area contributed by atoms with E-state index in [2.05, 4.69) is 20.0 Å². The highest BCUT2D eigenvalue weighted by molar-refractivity contribution is 7.92. The lowest BCUT2D eigenvalue weighted by Gasteiger charge is -2.15. The predicted molar refractivity (Wildman–Crippen MR) is 117 cm³/mol. The Morgan fingerprint density at radius 2 is 1.41 bits per heavy atom. The Labute approximate surface area is 186 Å². The lowest BCUT2D eigenvalue weighted by Crippen LogP contribution is -2.16. The van der Waals surface area contributed by atoms with Gasteiger partial charge in [0.15, 0.2) is 11.6 Å². The van der Waals surface area contributed by atoms with Gasteiger partial charge >= 0.3 is 6.18 Å². The number of para-hydroxylation sites is 2. The molecule has 0 aliphatic heterocycles. The van der Waals surface area contributed by atoms with Crippen LogP contribution in [0.15, 0.2) is 77.7 Å². The Morgan fingerprint density at radius 1 is 0.812 bits per heavy atom. The second kappa shape index (κ2) is 8.29. The van der Waals surface area contributed by atoms with Gasteiger partial charge in [-0.15, -0.1) is 0 Å². The smallest absolute Gasteiger partial charge is 0.337 e. The van der Waals surface area contributed by atoms with Crippen molar-refractivity contribution in [2.75, 3.05) is 10.0 Å². The summed E-state index contributed by atoms with van der Waals surface area (Å²) in [5, 5.41) is 2.26. The van der Waals surface area contributed by atoms with Gasteiger partial charge < -0.3 is 5.32 Å². The fraction of sp³-hybridized carbons (Fsp3) is 0.0476. The van der Waals surface area contributed by atoms with Crippen molar-refractivity contribution >= 4 is 50.0 Å². The highest BCUT2D eigenvalue weighted by Crippen LogP contribution is 2.37. The van der Waals surface area contributed by atoms with Crippen LogP contribution in [-0.2, 0) is 16.2 Å². The molecule has 0 radical (unpaired) electrons. The first-order chi connectivity index (χ1) is 15.1. The van der Waals surface area contributed by atoms with E-state index in [0.717, 1.165) is 12.1 Å². The van der Waals surface area contributed by atoms with Gasteiger partial charge in [0.25, 0.3) is 10.0 Å². The maximum absolute atomic E-state index is 13.2. The largest absolute Gasteiger partial charge is 0.417 e. The molecule has 11 heteroatoms. The van der Waals surface area contributed by atoms with E-state index in [0.29, 0.717) is 11.0 Å². The summed E-state index contributed by atoms with van der Waals surface area (Å²) in [7, 11) is -4.03. The van der Waals surface area contributed by atoms with Gasteiger partial charge in [-0.25, -0.2) is 18.4 Å². The van der Waals surface area contributed by atoms with Crippen LogP contribution < -0.4 is 10.0 Å². The average molecular weight is 479 g/mol. The molecule has 0 amide bonds. The molecule has 0 fully saturated rings. The number of nitrogens with one attached hydrogen (secondary N) is 2. The molecule has 0 aliphatic rings. The van der Waals surface area contributed by atoms with Gasteiger partial charge in [0.05, 0.1) is 26.5 Å². The van der Waals surface area contributed by atoms with Crippen LogP contribution in [0.25, 0.3) is 11.0 Å². The summed E-state index contributed by atoms with van der Waals surface area (Å²) in [4.78, 5) is 8.65. The van der Waals surface area contributed by atoms with Gasteiger partial charge in [-0.3, -0.25) is 4.72 Å². The van der Waals surface area contributed by atoms with Crippen LogP contribution in [0.3, 0.4) is 0 Å². The van der Waals surface area contributed by atoms with Crippen molar-refractivity contribution in [1.29, 1.82) is 0 Å². The maximum Gasteiger partial charge on any atom is 0.417 e. The maximum atomic E-state index is 13.2. The van der Waals surface area contributed by atoms with Crippen LogP contribution in [0.2, 0.25) is 5.02 Å². The molecule has 1 heterocycles. The molecule has 0 unspecified atom stereocenters. The first-order valence-electron chi connectivity index (χ1n) is 9.12. The average Bonchev–Trinajstić information content (AvgIpc) is 2.75. The summed E-state index contributed by atoms with van der Waals surface area (Å²) in [5.74, 6) is -0.241. The molecule has 0 spiro atoms. The zero-order chi connectivity index (χ0) is 22.9. The van der Waals surface area contributed by atoms with Gasteiger partial charge in [0, 0.05) is 5.69 Å². The number of rotatable bonds is 5. The summed E-state index contributed by atoms with van der Waals surface area (Å²) < 4.78 is 67.7. The third-order valence-electron chi connectivity index (χ3n) is 4.39. The summed E-state index contributed by atoms with van der Waals surface area (Å²) >= 11 is 5.68. The summed E-state index contributed by atoms with van der Waals surface area (Å²) in [5.41, 5.74) is -0.214. The van der Waals surface area contributed by atoms with E-state index in [1.165, 1.54) is 18.2 Å². The van der Waals surface area contributed by atoms with Gasteiger partial charge in [-0.05, 0) is 42.5 Å². The predicted octanol–water partition coefficient (Wildman–Crippen LogP) is 5.85. The van der Waals surface area contributed by atoms with Crippen molar-refractivity contribution in [1.82, 2.24) is 9.97 Å². The van der Waals surface area contributed by atoms with Crippen molar-refractivity contribution in [2.45, 2.75) is 11.1 Å². The third kappa shape index (κ3) is 4.61. The number of nitrogens with zero attached hydrogens (tertiary/aromatic N) is 2. The topological polar surface area (TPSA) is 84.0 Å². The molecule has 0 saturated heterocycles. The minimum atomic E-state index is -4.67. The molecule has 2 N–H and O–H groups in total. The minimum absolute atomic E-state index is 0.00599. The first kappa shape index (κ1) is 21.8. The molecule has 164 valence electrons. The number of benzene rings is 3. The Bertz CT molecular complexity index is 1400. The molecule has 0 saturated carbocycles. The van der Waals surface area contributed by atoms with Crippen molar-refractivity contribution in [3.05, 3.63) is 83.4 Å². The van der Waals surface area contributed by atoms with Crippen LogP contribution in [0.5, 0.6) is 0 Å². The molecular weight excluding hydrogens is 465 g/mol. The fourth-order valence-corrected chi connectivity index (χ4v) is 4.16. The van der Waals surface area contributed by atoms with E-state index in [-0.39, 0.29) is 22.2 Å². The van der Waals surface area contributed by atoms with E-state index in [4.69, 9.17) is 11.6 Å². The standard InChI is InChI=1S/C21H14ClF3N4O2S/c22-16-11-10-13(12-15(16)21(23,24)25)26-19-20(28-18-9-5-4-8-17(18)27-19)29-32(30,31)14-6-2-1-3-7-14/h1-12H,(H,26,27)(H,28,29). The first-order valence-corrected chi connectivity index (χ1v) is 11.0. The number of hydrogen-bond donors (Lipinski definition) is 2. The zero-order valence-corrected chi connectivity index (χ0v) is 17.6. The quantitative estimate of drug-likeness (QED) is 0.376.